The highest BCUT2D eigenvalue weighted by Gasteiger charge is 2.36. The molecule has 0 aromatic carbocycles. The van der Waals surface area contributed by atoms with Gasteiger partial charge < -0.3 is 14.7 Å². The summed E-state index contributed by atoms with van der Waals surface area (Å²) in [7, 11) is 3.60. The zero-order chi connectivity index (χ0) is 14.7. The van der Waals surface area contributed by atoms with Gasteiger partial charge in [0.15, 0.2) is 5.82 Å². The lowest BCUT2D eigenvalue weighted by atomic mass is 10.2. The van der Waals surface area contributed by atoms with E-state index >= 15 is 0 Å². The number of rotatable bonds is 4. The van der Waals surface area contributed by atoms with E-state index in [0.29, 0.717) is 0 Å². The molecule has 3 atom stereocenters. The molecule has 7 nitrogen and oxygen atoms in total. The molecule has 1 fully saturated rings. The Labute approximate surface area is 115 Å². The summed E-state index contributed by atoms with van der Waals surface area (Å²) in [5.41, 5.74) is -0.561. The highest BCUT2D eigenvalue weighted by molar-refractivity contribution is 5.58. The van der Waals surface area contributed by atoms with Crippen molar-refractivity contribution in [2.24, 2.45) is 4.99 Å². The molecule has 20 heavy (non-hydrogen) atoms. The molecule has 0 radical (unpaired) electrons. The van der Waals surface area contributed by atoms with Crippen LogP contribution in [-0.2, 0) is 4.74 Å². The van der Waals surface area contributed by atoms with Crippen LogP contribution in [0.15, 0.2) is 22.1 Å². The Morgan fingerprint density at radius 1 is 1.70 bits per heavy atom. The predicted octanol–water partition coefficient (Wildman–Crippen LogP) is 0.0826. The third-order valence-electron chi connectivity index (χ3n) is 2.89. The van der Waals surface area contributed by atoms with E-state index < -0.39 is 30.8 Å². The van der Waals surface area contributed by atoms with Crippen LogP contribution in [0.25, 0.3) is 0 Å². The quantitative estimate of drug-likeness (QED) is 0.626. The first-order valence-corrected chi connectivity index (χ1v) is 6.21. The predicted molar refractivity (Wildman–Crippen MR) is 70.8 cm³/mol. The summed E-state index contributed by atoms with van der Waals surface area (Å²) in [6.07, 6.45) is 0.0928. The van der Waals surface area contributed by atoms with Crippen molar-refractivity contribution in [2.75, 3.05) is 20.7 Å². The molecule has 0 bridgehead atoms. The van der Waals surface area contributed by atoms with Gasteiger partial charge in [-0.1, -0.05) is 0 Å². The summed E-state index contributed by atoms with van der Waals surface area (Å²) < 4.78 is 20.0. The Kier molecular flexibility index (Phi) is 4.46. The summed E-state index contributed by atoms with van der Waals surface area (Å²) in [5, 5.41) is 8.94. The van der Waals surface area contributed by atoms with E-state index in [0.717, 1.165) is 0 Å². The molecule has 0 spiro atoms. The Hall–Kier alpha value is -1.80. The second kappa shape index (κ2) is 6.10. The molecule has 8 heteroatoms. The fraction of sp³-hybridized carbons (Fsp3) is 0.583. The highest BCUT2D eigenvalue weighted by Crippen LogP contribution is 2.29. The van der Waals surface area contributed by atoms with Gasteiger partial charge in [-0.2, -0.15) is 4.98 Å². The van der Waals surface area contributed by atoms with Crippen LogP contribution in [0, 0.1) is 0 Å². The topological polar surface area (TPSA) is 80.0 Å². The lowest BCUT2D eigenvalue weighted by Gasteiger charge is -2.13. The smallest absolute Gasteiger partial charge is 0.351 e. The summed E-state index contributed by atoms with van der Waals surface area (Å²) in [6.45, 7) is -0.412. The molecular formula is C12H17FN4O3. The minimum absolute atomic E-state index is 0.0210. The van der Waals surface area contributed by atoms with Crippen molar-refractivity contribution in [3.05, 3.63) is 22.7 Å². The SMILES string of the molecule is CN(C)C=Nc1ccn([C@@H]2C[C@H](F)[C@H](CO)O2)c(=O)n1. The van der Waals surface area contributed by atoms with Crippen LogP contribution in [0.5, 0.6) is 0 Å². The van der Waals surface area contributed by atoms with E-state index in [4.69, 9.17) is 9.84 Å². The summed E-state index contributed by atoms with van der Waals surface area (Å²) in [4.78, 5) is 21.4. The van der Waals surface area contributed by atoms with Crippen LogP contribution in [0.3, 0.4) is 0 Å². The second-order valence-electron chi connectivity index (χ2n) is 4.75. The van der Waals surface area contributed by atoms with Crippen LogP contribution in [0.2, 0.25) is 0 Å². The van der Waals surface area contributed by atoms with Crippen molar-refractivity contribution in [1.29, 1.82) is 0 Å². The Morgan fingerprint density at radius 2 is 2.45 bits per heavy atom. The average molecular weight is 284 g/mol. The molecule has 2 heterocycles. The normalized spacial score (nSPS) is 26.3. The van der Waals surface area contributed by atoms with E-state index in [9.17, 15) is 9.18 Å². The molecular weight excluding hydrogens is 267 g/mol. The van der Waals surface area contributed by atoms with Crippen LogP contribution in [0.1, 0.15) is 12.6 Å². The number of aromatic nitrogens is 2. The minimum atomic E-state index is -1.29. The number of hydrogen-bond acceptors (Lipinski definition) is 5. The van der Waals surface area contributed by atoms with Gasteiger partial charge in [0.2, 0.25) is 0 Å². The number of ether oxygens (including phenoxy) is 1. The van der Waals surface area contributed by atoms with Gasteiger partial charge in [-0.25, -0.2) is 14.2 Å². The van der Waals surface area contributed by atoms with Gasteiger partial charge in [-0.15, -0.1) is 0 Å². The van der Waals surface area contributed by atoms with Gasteiger partial charge in [0, 0.05) is 26.7 Å². The van der Waals surface area contributed by atoms with Crippen molar-refractivity contribution < 1.29 is 14.2 Å². The maximum atomic E-state index is 13.5. The third-order valence-corrected chi connectivity index (χ3v) is 2.89. The Bertz CT molecular complexity index is 546. The number of halogens is 1. The number of nitrogens with zero attached hydrogens (tertiary/aromatic N) is 4. The average Bonchev–Trinajstić information content (AvgIpc) is 2.77. The van der Waals surface area contributed by atoms with E-state index in [1.165, 1.54) is 17.1 Å². The summed E-state index contributed by atoms with van der Waals surface area (Å²) in [5.74, 6) is 0.272. The number of aliphatic imine (C=N–C) groups is 1. The van der Waals surface area contributed by atoms with Gasteiger partial charge in [0.25, 0.3) is 0 Å². The number of aliphatic hydroxyl groups is 1. The maximum absolute atomic E-state index is 13.5. The summed E-state index contributed by atoms with van der Waals surface area (Å²) >= 11 is 0. The molecule has 1 aromatic heterocycles. The van der Waals surface area contributed by atoms with Gasteiger partial charge >= 0.3 is 5.69 Å². The fourth-order valence-electron chi connectivity index (χ4n) is 1.89. The van der Waals surface area contributed by atoms with Crippen molar-refractivity contribution in [3.63, 3.8) is 0 Å². The number of hydrogen-bond donors (Lipinski definition) is 1. The molecule has 0 saturated carbocycles. The molecule has 1 N–H and O–H groups in total. The largest absolute Gasteiger partial charge is 0.394 e. The molecule has 1 aliphatic rings. The van der Waals surface area contributed by atoms with E-state index in [2.05, 4.69) is 9.98 Å². The number of alkyl halides is 1. The second-order valence-corrected chi connectivity index (χ2v) is 4.75. The highest BCUT2D eigenvalue weighted by atomic mass is 19.1. The molecule has 0 aliphatic carbocycles. The van der Waals surface area contributed by atoms with E-state index in [1.807, 2.05) is 0 Å². The van der Waals surface area contributed by atoms with E-state index in [1.54, 1.807) is 25.1 Å². The first kappa shape index (κ1) is 14.6. The molecule has 1 saturated heterocycles. The minimum Gasteiger partial charge on any atom is -0.394 e. The van der Waals surface area contributed by atoms with Crippen LogP contribution >= 0.6 is 0 Å². The monoisotopic (exact) mass is 284 g/mol. The van der Waals surface area contributed by atoms with Gasteiger partial charge in [-0.05, 0) is 6.07 Å². The third kappa shape index (κ3) is 3.20. The molecule has 0 unspecified atom stereocenters. The maximum Gasteiger partial charge on any atom is 0.351 e. The van der Waals surface area contributed by atoms with Crippen LogP contribution in [-0.4, -0.2) is 58.9 Å². The zero-order valence-corrected chi connectivity index (χ0v) is 11.3. The van der Waals surface area contributed by atoms with Crippen LogP contribution < -0.4 is 5.69 Å². The van der Waals surface area contributed by atoms with Crippen molar-refractivity contribution in [2.45, 2.75) is 24.9 Å². The van der Waals surface area contributed by atoms with Gasteiger partial charge in [0.05, 0.1) is 12.9 Å². The van der Waals surface area contributed by atoms with Gasteiger partial charge in [-0.3, -0.25) is 4.57 Å². The lowest BCUT2D eigenvalue weighted by molar-refractivity contribution is -0.0355. The Morgan fingerprint density at radius 3 is 3.00 bits per heavy atom. The first-order chi connectivity index (χ1) is 9.51. The molecule has 2 rings (SSSR count). The lowest BCUT2D eigenvalue weighted by Crippen LogP contribution is -2.27. The number of aliphatic hydroxyl groups excluding tert-OH is 1. The Balaban J connectivity index is 2.17. The van der Waals surface area contributed by atoms with Crippen molar-refractivity contribution >= 4 is 12.2 Å². The van der Waals surface area contributed by atoms with Crippen molar-refractivity contribution in [3.8, 4) is 0 Å². The van der Waals surface area contributed by atoms with Crippen LogP contribution in [0.4, 0.5) is 10.2 Å². The zero-order valence-electron chi connectivity index (χ0n) is 11.3. The summed E-state index contributed by atoms with van der Waals surface area (Å²) in [6, 6.07) is 1.55. The molecule has 1 aromatic rings. The molecule has 110 valence electrons. The standard InChI is InChI=1S/C12H17FN4O3/c1-16(2)7-14-10-3-4-17(12(19)15-10)11-5-8(13)9(6-18)20-11/h3-4,7-9,11,18H,5-6H2,1-2H3/t8-,9-,11-/m0/s1. The molecule has 0 amide bonds. The van der Waals surface area contributed by atoms with Crippen molar-refractivity contribution in [1.82, 2.24) is 14.5 Å². The fourth-order valence-corrected chi connectivity index (χ4v) is 1.89. The molecule has 1 aliphatic heterocycles. The van der Waals surface area contributed by atoms with E-state index in [-0.39, 0.29) is 12.2 Å². The first-order valence-electron chi connectivity index (χ1n) is 6.21. The van der Waals surface area contributed by atoms with Gasteiger partial charge in [0.1, 0.15) is 18.5 Å².